The molecule has 0 aromatic rings. The van der Waals surface area contributed by atoms with E-state index in [9.17, 15) is 9.59 Å². The average molecular weight is 269 g/mol. The van der Waals surface area contributed by atoms with Crippen molar-refractivity contribution in [3.8, 4) is 0 Å². The van der Waals surface area contributed by atoms with Crippen LogP contribution in [-0.4, -0.2) is 30.9 Å². The van der Waals surface area contributed by atoms with E-state index in [0.29, 0.717) is 25.4 Å². The smallest absolute Gasteiger partial charge is 0.242 e. The summed E-state index contributed by atoms with van der Waals surface area (Å²) in [5.41, 5.74) is 5.70. The van der Waals surface area contributed by atoms with E-state index in [1.165, 1.54) is 0 Å². The summed E-state index contributed by atoms with van der Waals surface area (Å²) in [4.78, 5) is 23.7. The molecule has 19 heavy (non-hydrogen) atoms. The Morgan fingerprint density at radius 1 is 1.47 bits per heavy atom. The highest BCUT2D eigenvalue weighted by atomic mass is 16.2. The van der Waals surface area contributed by atoms with Crippen LogP contribution in [0.15, 0.2) is 0 Å². The molecule has 5 nitrogen and oxygen atoms in total. The first-order valence-corrected chi connectivity index (χ1v) is 7.30. The normalized spacial score (nSPS) is 21.7. The second-order valence-electron chi connectivity index (χ2n) is 5.84. The van der Waals surface area contributed by atoms with Gasteiger partial charge < -0.3 is 16.4 Å². The van der Waals surface area contributed by atoms with Crippen molar-refractivity contribution in [3.05, 3.63) is 0 Å². The van der Waals surface area contributed by atoms with E-state index >= 15 is 0 Å². The first-order chi connectivity index (χ1) is 9.02. The third-order valence-electron chi connectivity index (χ3n) is 3.48. The molecule has 110 valence electrons. The van der Waals surface area contributed by atoms with E-state index in [1.54, 1.807) is 0 Å². The van der Waals surface area contributed by atoms with Gasteiger partial charge in [0.15, 0.2) is 0 Å². The molecule has 0 saturated carbocycles. The maximum Gasteiger partial charge on any atom is 0.242 e. The number of rotatable bonds is 6. The lowest BCUT2D eigenvalue weighted by Gasteiger charge is -2.19. The molecule has 1 rings (SSSR count). The van der Waals surface area contributed by atoms with Crippen LogP contribution in [-0.2, 0) is 9.59 Å². The zero-order valence-corrected chi connectivity index (χ0v) is 12.1. The van der Waals surface area contributed by atoms with Gasteiger partial charge in [0.25, 0.3) is 0 Å². The largest absolute Gasteiger partial charge is 0.354 e. The van der Waals surface area contributed by atoms with Crippen LogP contribution in [0, 0.1) is 11.8 Å². The van der Waals surface area contributed by atoms with Gasteiger partial charge in [-0.1, -0.05) is 13.8 Å². The van der Waals surface area contributed by atoms with Gasteiger partial charge in [-0.3, -0.25) is 9.59 Å². The van der Waals surface area contributed by atoms with Crippen LogP contribution >= 0.6 is 0 Å². The first-order valence-electron chi connectivity index (χ1n) is 7.30. The van der Waals surface area contributed by atoms with Crippen LogP contribution in [0.2, 0.25) is 0 Å². The molecule has 2 amide bonds. The number of hydrogen-bond acceptors (Lipinski definition) is 3. The Morgan fingerprint density at radius 3 is 2.84 bits per heavy atom. The summed E-state index contributed by atoms with van der Waals surface area (Å²) >= 11 is 0. The Bertz CT molecular complexity index is 305. The van der Waals surface area contributed by atoms with E-state index in [4.69, 9.17) is 5.73 Å². The Kier molecular flexibility index (Phi) is 6.84. The molecule has 4 N–H and O–H groups in total. The number of carbonyl (C=O) groups is 2. The van der Waals surface area contributed by atoms with E-state index in [1.807, 2.05) is 0 Å². The minimum absolute atomic E-state index is 0.0565. The molecule has 2 unspecified atom stereocenters. The summed E-state index contributed by atoms with van der Waals surface area (Å²) in [6.07, 6.45) is 4.04. The predicted octanol–water partition coefficient (Wildman–Crippen LogP) is 0.782. The molecule has 5 heteroatoms. The molecule has 0 bridgehead atoms. The Hall–Kier alpha value is -1.10. The van der Waals surface area contributed by atoms with Crippen molar-refractivity contribution < 1.29 is 9.59 Å². The van der Waals surface area contributed by atoms with Crippen LogP contribution in [0.4, 0.5) is 0 Å². The van der Waals surface area contributed by atoms with Crippen LogP contribution in [0.25, 0.3) is 0 Å². The van der Waals surface area contributed by atoms with Gasteiger partial charge in [0.1, 0.15) is 6.04 Å². The quantitative estimate of drug-likeness (QED) is 0.666. The SMILES string of the molecule is CC(C)CC(CN)CC(=O)NC1CCCCNC1=O. The summed E-state index contributed by atoms with van der Waals surface area (Å²) < 4.78 is 0. The molecule has 0 aromatic carbocycles. The molecule has 0 aromatic heterocycles. The summed E-state index contributed by atoms with van der Waals surface area (Å²) in [5.74, 6) is 0.619. The third-order valence-corrected chi connectivity index (χ3v) is 3.48. The molecular formula is C14H27N3O2. The lowest BCUT2D eigenvalue weighted by atomic mass is 9.94. The highest BCUT2D eigenvalue weighted by Gasteiger charge is 2.23. The molecule has 0 radical (unpaired) electrons. The topological polar surface area (TPSA) is 84.2 Å². The minimum Gasteiger partial charge on any atom is -0.354 e. The average Bonchev–Trinajstić information content (AvgIpc) is 2.53. The highest BCUT2D eigenvalue weighted by molar-refractivity contribution is 5.87. The Morgan fingerprint density at radius 2 is 2.21 bits per heavy atom. The second-order valence-corrected chi connectivity index (χ2v) is 5.84. The third kappa shape index (κ3) is 6.05. The van der Waals surface area contributed by atoms with Crippen molar-refractivity contribution in [3.63, 3.8) is 0 Å². The summed E-state index contributed by atoms with van der Waals surface area (Å²) in [5, 5.41) is 5.66. The molecular weight excluding hydrogens is 242 g/mol. The molecule has 2 atom stereocenters. The van der Waals surface area contributed by atoms with E-state index in [-0.39, 0.29) is 23.8 Å². The van der Waals surface area contributed by atoms with Crippen molar-refractivity contribution in [2.45, 2.75) is 52.0 Å². The van der Waals surface area contributed by atoms with Gasteiger partial charge in [-0.15, -0.1) is 0 Å². The molecule has 1 aliphatic rings. The first kappa shape index (κ1) is 16.0. The van der Waals surface area contributed by atoms with Crippen molar-refractivity contribution in [1.82, 2.24) is 10.6 Å². The van der Waals surface area contributed by atoms with Crippen molar-refractivity contribution >= 4 is 11.8 Å². The lowest BCUT2D eigenvalue weighted by Crippen LogP contribution is -2.46. The maximum absolute atomic E-state index is 12.0. The molecule has 1 aliphatic heterocycles. The fourth-order valence-corrected chi connectivity index (χ4v) is 2.52. The Labute approximate surface area is 115 Å². The van der Waals surface area contributed by atoms with Gasteiger partial charge in [0, 0.05) is 13.0 Å². The van der Waals surface area contributed by atoms with Crippen LogP contribution in [0.1, 0.15) is 46.0 Å². The zero-order chi connectivity index (χ0) is 14.3. The maximum atomic E-state index is 12.0. The minimum atomic E-state index is -0.368. The molecule has 0 aliphatic carbocycles. The monoisotopic (exact) mass is 269 g/mol. The van der Waals surface area contributed by atoms with Gasteiger partial charge in [0.2, 0.25) is 11.8 Å². The van der Waals surface area contributed by atoms with Crippen LogP contribution in [0.5, 0.6) is 0 Å². The molecule has 1 heterocycles. The van der Waals surface area contributed by atoms with Crippen LogP contribution < -0.4 is 16.4 Å². The predicted molar refractivity (Wildman–Crippen MR) is 75.4 cm³/mol. The van der Waals surface area contributed by atoms with Crippen molar-refractivity contribution in [2.75, 3.05) is 13.1 Å². The van der Waals surface area contributed by atoms with Crippen LogP contribution in [0.3, 0.4) is 0 Å². The van der Waals surface area contributed by atoms with E-state index in [2.05, 4.69) is 24.5 Å². The summed E-state index contributed by atoms with van der Waals surface area (Å²) in [7, 11) is 0. The van der Waals surface area contributed by atoms with Gasteiger partial charge >= 0.3 is 0 Å². The van der Waals surface area contributed by atoms with Gasteiger partial charge in [0.05, 0.1) is 0 Å². The van der Waals surface area contributed by atoms with Crippen molar-refractivity contribution in [1.29, 1.82) is 0 Å². The second kappa shape index (κ2) is 8.15. The number of hydrogen-bond donors (Lipinski definition) is 3. The zero-order valence-electron chi connectivity index (χ0n) is 12.1. The number of nitrogens with one attached hydrogen (secondary N) is 2. The lowest BCUT2D eigenvalue weighted by molar-refractivity contribution is -0.129. The Balaban J connectivity index is 2.42. The number of amides is 2. The van der Waals surface area contributed by atoms with E-state index in [0.717, 1.165) is 25.7 Å². The number of nitrogens with two attached hydrogens (primary N) is 1. The van der Waals surface area contributed by atoms with Crippen molar-refractivity contribution in [2.24, 2.45) is 17.6 Å². The van der Waals surface area contributed by atoms with Gasteiger partial charge in [-0.25, -0.2) is 0 Å². The van der Waals surface area contributed by atoms with Gasteiger partial charge in [-0.2, -0.15) is 0 Å². The van der Waals surface area contributed by atoms with Gasteiger partial charge in [-0.05, 0) is 44.1 Å². The summed E-state index contributed by atoms with van der Waals surface area (Å²) in [6.45, 7) is 5.48. The highest BCUT2D eigenvalue weighted by Crippen LogP contribution is 2.14. The fourth-order valence-electron chi connectivity index (χ4n) is 2.52. The molecule has 1 fully saturated rings. The standard InChI is InChI=1S/C14H27N3O2/c1-10(2)7-11(9-15)8-13(18)17-12-5-3-4-6-16-14(12)19/h10-12H,3-9,15H2,1-2H3,(H,16,19)(H,17,18). The molecule has 1 saturated heterocycles. The number of carbonyl (C=O) groups excluding carboxylic acids is 2. The fraction of sp³-hybridized carbons (Fsp3) is 0.857. The van der Waals surface area contributed by atoms with E-state index < -0.39 is 0 Å². The molecule has 0 spiro atoms. The summed E-state index contributed by atoms with van der Waals surface area (Å²) in [6, 6.07) is -0.368.